The lowest BCUT2D eigenvalue weighted by Crippen LogP contribution is -2.29. The number of Topliss-reactive ketones (excluding diaryl/α,β-unsaturated/α-hetero) is 1. The van der Waals surface area contributed by atoms with Crippen molar-refractivity contribution in [1.29, 1.82) is 0 Å². The Morgan fingerprint density at radius 2 is 1.80 bits per heavy atom. The largest absolute Gasteiger partial charge is 0.478 e. The molecule has 0 amide bonds. The van der Waals surface area contributed by atoms with E-state index >= 15 is 0 Å². The molecule has 4 rings (SSSR count). The van der Waals surface area contributed by atoms with E-state index in [0.717, 1.165) is 23.2 Å². The number of hydrogen-bond acceptors (Lipinski definition) is 3. The van der Waals surface area contributed by atoms with Crippen LogP contribution >= 0.6 is 0 Å². The number of carbonyl (C=O) groups excluding carboxylic acids is 1. The molecule has 0 spiro atoms. The van der Waals surface area contributed by atoms with Crippen LogP contribution in [0.2, 0.25) is 0 Å². The first-order chi connectivity index (χ1) is 12.0. The zero-order valence-electron chi connectivity index (χ0n) is 13.9. The molecule has 4 nitrogen and oxygen atoms in total. The van der Waals surface area contributed by atoms with Crippen LogP contribution in [0.3, 0.4) is 0 Å². The van der Waals surface area contributed by atoms with Gasteiger partial charge in [0.2, 0.25) is 0 Å². The van der Waals surface area contributed by atoms with Crippen LogP contribution in [0.1, 0.15) is 57.1 Å². The summed E-state index contributed by atoms with van der Waals surface area (Å²) in [5.74, 6) is -0.191. The van der Waals surface area contributed by atoms with Gasteiger partial charge in [-0.2, -0.15) is 0 Å². The highest BCUT2D eigenvalue weighted by Gasteiger charge is 2.38. The first-order valence-electron chi connectivity index (χ1n) is 8.46. The summed E-state index contributed by atoms with van der Waals surface area (Å²) < 4.78 is 0. The van der Waals surface area contributed by atoms with Crippen molar-refractivity contribution in [2.45, 2.75) is 25.3 Å². The minimum atomic E-state index is -0.911. The molecule has 1 aliphatic heterocycles. The minimum absolute atomic E-state index is 0.0766. The van der Waals surface area contributed by atoms with Crippen LogP contribution in [0.5, 0.6) is 0 Å². The van der Waals surface area contributed by atoms with Crippen LogP contribution in [-0.4, -0.2) is 16.9 Å². The molecule has 2 N–H and O–H groups in total. The molecule has 0 bridgehead atoms. The van der Waals surface area contributed by atoms with Gasteiger partial charge in [0, 0.05) is 17.2 Å². The van der Waals surface area contributed by atoms with Crippen LogP contribution in [-0.2, 0) is 0 Å². The summed E-state index contributed by atoms with van der Waals surface area (Å²) in [6, 6.07) is 13.1. The van der Waals surface area contributed by atoms with Crippen molar-refractivity contribution in [3.63, 3.8) is 0 Å². The summed E-state index contributed by atoms with van der Waals surface area (Å²) in [7, 11) is 0. The Kier molecular flexibility index (Phi) is 3.68. The molecule has 25 heavy (non-hydrogen) atoms. The van der Waals surface area contributed by atoms with Crippen LogP contribution < -0.4 is 5.32 Å². The van der Waals surface area contributed by atoms with Crippen molar-refractivity contribution < 1.29 is 14.7 Å². The number of carboxylic acids is 1. The summed E-state index contributed by atoms with van der Waals surface area (Å²) in [6.45, 7) is 1.59. The molecule has 2 aromatic rings. The summed E-state index contributed by atoms with van der Waals surface area (Å²) in [5, 5.41) is 12.7. The molecule has 0 radical (unpaired) electrons. The molecule has 4 heteroatoms. The second-order valence-corrected chi connectivity index (χ2v) is 6.76. The standard InChI is InChI=1S/C21H19NO3/c1-12(23)15-9-10-19-18(11-15)16-3-2-4-17(16)20(22-19)13-5-7-14(8-6-13)21(24)25/h2-3,5-11,16-17,20,22H,4H2,1H3,(H,24,25)/t16-,17+,20+/m0/s1. The number of nitrogens with one attached hydrogen (secondary N) is 1. The third-order valence-electron chi connectivity index (χ3n) is 5.29. The highest BCUT2D eigenvalue weighted by Crippen LogP contribution is 2.49. The lowest BCUT2D eigenvalue weighted by Gasteiger charge is -2.37. The monoisotopic (exact) mass is 333 g/mol. The number of carboxylic acid groups (broad SMARTS) is 1. The molecule has 1 heterocycles. The molecule has 0 unspecified atom stereocenters. The number of ketones is 1. The SMILES string of the molecule is CC(=O)c1ccc2c(c1)[C@H]1C=CC[C@H]1[C@@H](c1ccc(C(=O)O)cc1)N2. The highest BCUT2D eigenvalue weighted by atomic mass is 16.4. The van der Waals surface area contributed by atoms with Crippen LogP contribution in [0.15, 0.2) is 54.6 Å². The Bertz CT molecular complexity index is 883. The number of hydrogen-bond donors (Lipinski definition) is 2. The predicted molar refractivity (Wildman–Crippen MR) is 96.2 cm³/mol. The third-order valence-corrected chi connectivity index (χ3v) is 5.29. The molecule has 2 aliphatic rings. The number of aromatic carboxylic acids is 1. The van der Waals surface area contributed by atoms with Gasteiger partial charge in [0.05, 0.1) is 11.6 Å². The van der Waals surface area contributed by atoms with Gasteiger partial charge in [-0.1, -0.05) is 24.3 Å². The van der Waals surface area contributed by atoms with Gasteiger partial charge in [-0.3, -0.25) is 4.79 Å². The third kappa shape index (κ3) is 2.64. The highest BCUT2D eigenvalue weighted by molar-refractivity contribution is 5.95. The zero-order valence-corrected chi connectivity index (χ0v) is 13.9. The Morgan fingerprint density at radius 3 is 2.48 bits per heavy atom. The Labute approximate surface area is 146 Å². The Morgan fingerprint density at radius 1 is 1.08 bits per heavy atom. The number of fused-ring (bicyclic) bond motifs is 3. The number of allylic oxidation sites excluding steroid dienone is 2. The van der Waals surface area contributed by atoms with Crippen molar-refractivity contribution in [3.05, 3.63) is 76.9 Å². The maximum Gasteiger partial charge on any atom is 0.335 e. The first-order valence-corrected chi connectivity index (χ1v) is 8.46. The molecule has 0 saturated heterocycles. The van der Waals surface area contributed by atoms with E-state index in [2.05, 4.69) is 17.5 Å². The molecule has 3 atom stereocenters. The number of benzene rings is 2. The van der Waals surface area contributed by atoms with E-state index in [9.17, 15) is 9.59 Å². The number of carbonyl (C=O) groups is 2. The fourth-order valence-corrected chi connectivity index (χ4v) is 3.98. The fraction of sp³-hybridized carbons (Fsp3) is 0.238. The normalized spacial score (nSPS) is 23.5. The number of anilines is 1. The van der Waals surface area contributed by atoms with Crippen molar-refractivity contribution in [2.75, 3.05) is 5.32 Å². The van der Waals surface area contributed by atoms with Gasteiger partial charge in [0.1, 0.15) is 0 Å². The van der Waals surface area contributed by atoms with E-state index in [1.54, 1.807) is 19.1 Å². The van der Waals surface area contributed by atoms with Crippen LogP contribution in [0, 0.1) is 5.92 Å². The van der Waals surface area contributed by atoms with Gasteiger partial charge < -0.3 is 10.4 Å². The van der Waals surface area contributed by atoms with Gasteiger partial charge in [0.15, 0.2) is 5.78 Å². The Hall–Kier alpha value is -2.88. The lowest BCUT2D eigenvalue weighted by atomic mass is 9.76. The Balaban J connectivity index is 1.72. The van der Waals surface area contributed by atoms with Gasteiger partial charge in [-0.05, 0) is 60.7 Å². The van der Waals surface area contributed by atoms with Crippen LogP contribution in [0.4, 0.5) is 5.69 Å². The maximum absolute atomic E-state index is 11.7. The molecule has 2 aromatic carbocycles. The first kappa shape index (κ1) is 15.6. The fourth-order valence-electron chi connectivity index (χ4n) is 3.98. The van der Waals surface area contributed by atoms with Gasteiger partial charge >= 0.3 is 5.97 Å². The molecular weight excluding hydrogens is 314 g/mol. The predicted octanol–water partition coefficient (Wildman–Crippen LogP) is 4.41. The number of rotatable bonds is 3. The van der Waals surface area contributed by atoms with Gasteiger partial charge in [-0.15, -0.1) is 0 Å². The molecule has 0 aromatic heterocycles. The summed E-state index contributed by atoms with van der Waals surface area (Å²) >= 11 is 0. The van der Waals surface area contributed by atoms with Crippen molar-refractivity contribution in [1.82, 2.24) is 0 Å². The molecule has 0 fully saturated rings. The van der Waals surface area contributed by atoms with E-state index in [-0.39, 0.29) is 17.7 Å². The second kappa shape index (κ2) is 5.88. The topological polar surface area (TPSA) is 66.4 Å². The molecular formula is C21H19NO3. The lowest BCUT2D eigenvalue weighted by molar-refractivity contribution is 0.0696. The van der Waals surface area contributed by atoms with E-state index in [4.69, 9.17) is 5.11 Å². The van der Waals surface area contributed by atoms with E-state index in [0.29, 0.717) is 11.5 Å². The second-order valence-electron chi connectivity index (χ2n) is 6.76. The minimum Gasteiger partial charge on any atom is -0.478 e. The van der Waals surface area contributed by atoms with Crippen LogP contribution in [0.25, 0.3) is 0 Å². The molecule has 126 valence electrons. The quantitative estimate of drug-likeness (QED) is 0.645. The average molecular weight is 333 g/mol. The summed E-state index contributed by atoms with van der Waals surface area (Å²) in [4.78, 5) is 22.8. The van der Waals surface area contributed by atoms with Crippen molar-refractivity contribution >= 4 is 17.4 Å². The maximum atomic E-state index is 11.7. The van der Waals surface area contributed by atoms with E-state index < -0.39 is 5.97 Å². The van der Waals surface area contributed by atoms with E-state index in [1.165, 1.54) is 5.56 Å². The van der Waals surface area contributed by atoms with Gasteiger partial charge in [0.25, 0.3) is 0 Å². The summed E-state index contributed by atoms with van der Waals surface area (Å²) in [6.07, 6.45) is 5.39. The van der Waals surface area contributed by atoms with Gasteiger partial charge in [-0.25, -0.2) is 4.79 Å². The zero-order chi connectivity index (χ0) is 17.6. The summed E-state index contributed by atoms with van der Waals surface area (Å²) in [5.41, 5.74) is 4.34. The molecule has 1 aliphatic carbocycles. The van der Waals surface area contributed by atoms with E-state index in [1.807, 2.05) is 30.3 Å². The van der Waals surface area contributed by atoms with Crippen molar-refractivity contribution in [3.8, 4) is 0 Å². The van der Waals surface area contributed by atoms with Crippen molar-refractivity contribution in [2.24, 2.45) is 5.92 Å². The molecule has 0 saturated carbocycles. The average Bonchev–Trinajstić information content (AvgIpc) is 3.10. The smallest absolute Gasteiger partial charge is 0.335 e.